The highest BCUT2D eigenvalue weighted by molar-refractivity contribution is 5.95. The Morgan fingerprint density at radius 1 is 1.12 bits per heavy atom. The zero-order valence-electron chi connectivity index (χ0n) is 15.2. The molecule has 2 fully saturated rings. The summed E-state index contributed by atoms with van der Waals surface area (Å²) in [5, 5.41) is 1.08. The highest BCUT2D eigenvalue weighted by Crippen LogP contribution is 2.38. The van der Waals surface area contributed by atoms with Crippen molar-refractivity contribution in [3.63, 3.8) is 0 Å². The van der Waals surface area contributed by atoms with Gasteiger partial charge < -0.3 is 9.80 Å². The first kappa shape index (κ1) is 16.5. The number of rotatable bonds is 1. The monoisotopic (exact) mass is 337 g/mol. The van der Waals surface area contributed by atoms with Gasteiger partial charge in [-0.25, -0.2) is 4.98 Å². The maximum absolute atomic E-state index is 13.4. The third kappa shape index (κ3) is 2.82. The van der Waals surface area contributed by atoms with Crippen molar-refractivity contribution in [1.82, 2.24) is 14.8 Å². The molecule has 4 nitrogen and oxygen atoms in total. The van der Waals surface area contributed by atoms with Crippen molar-refractivity contribution in [2.45, 2.75) is 50.6 Å². The molecule has 25 heavy (non-hydrogen) atoms. The Morgan fingerprint density at radius 2 is 1.96 bits per heavy atom. The Kier molecular flexibility index (Phi) is 4.24. The van der Waals surface area contributed by atoms with E-state index in [1.165, 1.54) is 12.8 Å². The van der Waals surface area contributed by atoms with Gasteiger partial charge in [0.05, 0.1) is 11.1 Å². The normalized spacial score (nSPS) is 27.8. The first-order valence-corrected chi connectivity index (χ1v) is 9.47. The van der Waals surface area contributed by atoms with Crippen LogP contribution in [0.1, 0.15) is 49.5 Å². The van der Waals surface area contributed by atoms with Gasteiger partial charge in [0.2, 0.25) is 0 Å². The number of piperidine rings is 1. The molecule has 132 valence electrons. The van der Waals surface area contributed by atoms with Crippen LogP contribution >= 0.6 is 0 Å². The SMILES string of the molecule is CN1CCC[C@@]2(C)[C@@H]1CCCCN2C(=O)c1ccc2ccccc2n1. The zero-order valence-corrected chi connectivity index (χ0v) is 15.2. The van der Waals surface area contributed by atoms with Crippen LogP contribution in [-0.4, -0.2) is 52.4 Å². The van der Waals surface area contributed by atoms with Crippen molar-refractivity contribution >= 4 is 16.8 Å². The smallest absolute Gasteiger partial charge is 0.272 e. The number of carbonyl (C=O) groups is 1. The van der Waals surface area contributed by atoms with Crippen molar-refractivity contribution in [2.75, 3.05) is 20.1 Å². The Balaban J connectivity index is 1.71. The molecular weight excluding hydrogens is 310 g/mol. The fourth-order valence-corrected chi connectivity index (χ4v) is 4.85. The Labute approximate surface area is 149 Å². The van der Waals surface area contributed by atoms with E-state index in [0.29, 0.717) is 11.7 Å². The summed E-state index contributed by atoms with van der Waals surface area (Å²) in [5.74, 6) is 0.0930. The van der Waals surface area contributed by atoms with Gasteiger partial charge in [-0.3, -0.25) is 4.79 Å². The number of nitrogens with zero attached hydrogens (tertiary/aromatic N) is 3. The molecule has 0 N–H and O–H groups in total. The van der Waals surface area contributed by atoms with Gasteiger partial charge in [-0.1, -0.05) is 30.7 Å². The number of fused-ring (bicyclic) bond motifs is 2. The molecule has 1 amide bonds. The van der Waals surface area contributed by atoms with Crippen molar-refractivity contribution in [2.24, 2.45) is 0 Å². The molecule has 2 saturated heterocycles. The van der Waals surface area contributed by atoms with Crippen LogP contribution in [0.2, 0.25) is 0 Å². The van der Waals surface area contributed by atoms with E-state index >= 15 is 0 Å². The van der Waals surface area contributed by atoms with Gasteiger partial charge >= 0.3 is 0 Å². The van der Waals surface area contributed by atoms with E-state index in [0.717, 1.165) is 43.3 Å². The van der Waals surface area contributed by atoms with Crippen LogP contribution < -0.4 is 0 Å². The fourth-order valence-electron chi connectivity index (χ4n) is 4.85. The van der Waals surface area contributed by atoms with Gasteiger partial charge in [0, 0.05) is 18.0 Å². The van der Waals surface area contributed by atoms with E-state index in [1.807, 2.05) is 36.4 Å². The van der Waals surface area contributed by atoms with Crippen molar-refractivity contribution in [3.05, 3.63) is 42.1 Å². The predicted molar refractivity (Wildman–Crippen MR) is 101 cm³/mol. The summed E-state index contributed by atoms with van der Waals surface area (Å²) >= 11 is 0. The summed E-state index contributed by atoms with van der Waals surface area (Å²) in [5.41, 5.74) is 1.38. The predicted octanol–water partition coefficient (Wildman–Crippen LogP) is 3.71. The molecule has 2 aliphatic rings. The van der Waals surface area contributed by atoms with Gasteiger partial charge in [0.15, 0.2) is 0 Å². The number of amides is 1. The summed E-state index contributed by atoms with van der Waals surface area (Å²) in [7, 11) is 2.21. The number of carbonyl (C=O) groups excluding carboxylic acids is 1. The molecular formula is C21H27N3O. The molecule has 4 rings (SSSR count). The topological polar surface area (TPSA) is 36.4 Å². The molecule has 0 aliphatic carbocycles. The molecule has 0 unspecified atom stereocenters. The third-order valence-electron chi connectivity index (χ3n) is 6.23. The minimum absolute atomic E-state index is 0.0894. The minimum atomic E-state index is -0.0894. The van der Waals surface area contributed by atoms with Crippen molar-refractivity contribution in [3.8, 4) is 0 Å². The van der Waals surface area contributed by atoms with Crippen LogP contribution in [0.25, 0.3) is 10.9 Å². The van der Waals surface area contributed by atoms with Crippen LogP contribution in [0.5, 0.6) is 0 Å². The lowest BCUT2D eigenvalue weighted by atomic mass is 9.80. The second-order valence-corrected chi connectivity index (χ2v) is 7.80. The molecule has 2 aromatic rings. The largest absolute Gasteiger partial charge is 0.330 e. The molecule has 0 radical (unpaired) electrons. The quantitative estimate of drug-likeness (QED) is 0.796. The van der Waals surface area contributed by atoms with E-state index in [2.05, 4.69) is 28.8 Å². The molecule has 2 aliphatic heterocycles. The number of hydrogen-bond donors (Lipinski definition) is 0. The maximum atomic E-state index is 13.4. The zero-order chi connectivity index (χ0) is 17.4. The van der Waals surface area contributed by atoms with Gasteiger partial charge in [-0.05, 0) is 58.3 Å². The molecule has 1 aromatic carbocycles. The van der Waals surface area contributed by atoms with Crippen LogP contribution in [0, 0.1) is 0 Å². The second-order valence-electron chi connectivity index (χ2n) is 7.80. The number of likely N-dealkylation sites (N-methyl/N-ethyl adjacent to an activating group) is 1. The second kappa shape index (κ2) is 6.41. The van der Waals surface area contributed by atoms with E-state index < -0.39 is 0 Å². The lowest BCUT2D eigenvalue weighted by Gasteiger charge is -2.51. The van der Waals surface area contributed by atoms with Crippen LogP contribution in [0.4, 0.5) is 0 Å². The molecule has 0 bridgehead atoms. The van der Waals surface area contributed by atoms with E-state index in [-0.39, 0.29) is 11.4 Å². The van der Waals surface area contributed by atoms with Crippen LogP contribution in [0.15, 0.2) is 36.4 Å². The highest BCUT2D eigenvalue weighted by atomic mass is 16.2. The summed E-state index contributed by atoms with van der Waals surface area (Å²) < 4.78 is 0. The molecule has 4 heteroatoms. The first-order valence-electron chi connectivity index (χ1n) is 9.47. The van der Waals surface area contributed by atoms with Gasteiger partial charge in [0.25, 0.3) is 5.91 Å². The number of hydrogen-bond acceptors (Lipinski definition) is 3. The van der Waals surface area contributed by atoms with Crippen molar-refractivity contribution in [1.29, 1.82) is 0 Å². The van der Waals surface area contributed by atoms with Crippen LogP contribution in [0.3, 0.4) is 0 Å². The number of likely N-dealkylation sites (tertiary alicyclic amines) is 2. The third-order valence-corrected chi connectivity index (χ3v) is 6.23. The lowest BCUT2D eigenvalue weighted by Crippen LogP contribution is -2.63. The molecule has 0 saturated carbocycles. The standard InChI is InChI=1S/C21H27N3O/c1-21-13-7-14-23(2)19(21)10-5-6-15-24(21)20(25)18-12-11-16-8-3-4-9-17(16)22-18/h3-4,8-9,11-12,19H,5-7,10,13-15H2,1-2H3/t19-,21-/m0/s1. The average molecular weight is 337 g/mol. The van der Waals surface area contributed by atoms with E-state index in [9.17, 15) is 4.79 Å². The number of aromatic nitrogens is 1. The molecule has 0 spiro atoms. The molecule has 1 aromatic heterocycles. The first-order chi connectivity index (χ1) is 12.1. The van der Waals surface area contributed by atoms with E-state index in [4.69, 9.17) is 0 Å². The number of benzene rings is 1. The van der Waals surface area contributed by atoms with E-state index in [1.54, 1.807) is 0 Å². The lowest BCUT2D eigenvalue weighted by molar-refractivity contribution is -0.00412. The fraction of sp³-hybridized carbons (Fsp3) is 0.524. The highest BCUT2D eigenvalue weighted by Gasteiger charge is 2.47. The van der Waals surface area contributed by atoms with Crippen LogP contribution in [-0.2, 0) is 0 Å². The van der Waals surface area contributed by atoms with Gasteiger partial charge in [-0.15, -0.1) is 0 Å². The minimum Gasteiger partial charge on any atom is -0.330 e. The summed E-state index contributed by atoms with van der Waals surface area (Å²) in [6.45, 7) is 4.27. The maximum Gasteiger partial charge on any atom is 0.272 e. The Hall–Kier alpha value is -1.94. The van der Waals surface area contributed by atoms with Gasteiger partial charge in [-0.2, -0.15) is 0 Å². The van der Waals surface area contributed by atoms with Gasteiger partial charge in [0.1, 0.15) is 5.69 Å². The Morgan fingerprint density at radius 3 is 2.84 bits per heavy atom. The summed E-state index contributed by atoms with van der Waals surface area (Å²) in [6.07, 6.45) is 5.69. The summed E-state index contributed by atoms with van der Waals surface area (Å²) in [4.78, 5) is 22.7. The average Bonchev–Trinajstić information content (AvgIpc) is 2.80. The molecule has 2 atom stereocenters. The number of pyridine rings is 1. The summed E-state index contributed by atoms with van der Waals surface area (Å²) in [6, 6.07) is 12.4. The Bertz CT molecular complexity index is 790. The molecule has 3 heterocycles. The van der Waals surface area contributed by atoms with Crippen molar-refractivity contribution < 1.29 is 4.79 Å². The number of para-hydroxylation sites is 1.